The van der Waals surface area contributed by atoms with Crippen LogP contribution in [0, 0.1) is 0 Å². The van der Waals surface area contributed by atoms with Gasteiger partial charge in [-0.2, -0.15) is 0 Å². The van der Waals surface area contributed by atoms with Crippen LogP contribution in [0.15, 0.2) is 174 Å². The van der Waals surface area contributed by atoms with Crippen molar-refractivity contribution in [3.8, 4) is 33.4 Å². The van der Waals surface area contributed by atoms with E-state index in [1.807, 2.05) is 6.07 Å². The van der Waals surface area contributed by atoms with Gasteiger partial charge in [-0.05, 0) is 89.3 Å². The van der Waals surface area contributed by atoms with Crippen molar-refractivity contribution >= 4 is 65.0 Å². The molecule has 9 aromatic carbocycles. The van der Waals surface area contributed by atoms with E-state index in [1.165, 1.54) is 71.1 Å². The predicted octanol–water partition coefficient (Wildman–Crippen LogP) is 13.2. The highest BCUT2D eigenvalue weighted by molar-refractivity contribution is 6.25. The summed E-state index contributed by atoms with van der Waals surface area (Å²) in [6.45, 7) is 0. The van der Waals surface area contributed by atoms with Gasteiger partial charge in [0.05, 0.1) is 0 Å². The van der Waals surface area contributed by atoms with Crippen molar-refractivity contribution in [2.24, 2.45) is 0 Å². The SMILES string of the molecule is c1cc(-c2cccc3ccccc23)cc(-c2c3ccccc3c(-c3cccc4c3ccc3c5ccccc5oc43)c3ccccc23)c1. The van der Waals surface area contributed by atoms with E-state index in [1.54, 1.807) is 0 Å². The van der Waals surface area contributed by atoms with Crippen LogP contribution in [0.1, 0.15) is 0 Å². The standard InChI is InChI=1S/C46H28O/c1-2-16-32-29(12-1)13-10-22-33(32)30-14-9-15-31(28-30)44-37-18-3-5-20-39(37)45(40-21-6-4-19-38(40)44)36-23-11-24-41-34(36)26-27-42-35-17-7-8-25-43(35)47-46(41)42/h1-28H. The molecule has 0 saturated carbocycles. The van der Waals surface area contributed by atoms with Crippen LogP contribution in [0.4, 0.5) is 0 Å². The van der Waals surface area contributed by atoms with Crippen molar-refractivity contribution in [1.82, 2.24) is 0 Å². The molecule has 0 aliphatic rings. The topological polar surface area (TPSA) is 13.1 Å². The molecule has 0 atom stereocenters. The molecular formula is C46H28O. The zero-order chi connectivity index (χ0) is 30.9. The summed E-state index contributed by atoms with van der Waals surface area (Å²) in [5, 5.41) is 12.1. The minimum absolute atomic E-state index is 0.923. The summed E-state index contributed by atoms with van der Waals surface area (Å²) in [6.07, 6.45) is 0. The molecule has 0 spiro atoms. The molecule has 218 valence electrons. The quantitative estimate of drug-likeness (QED) is 0.185. The Kier molecular flexibility index (Phi) is 5.64. The first-order valence-electron chi connectivity index (χ1n) is 16.2. The number of hydrogen-bond acceptors (Lipinski definition) is 1. The van der Waals surface area contributed by atoms with Gasteiger partial charge >= 0.3 is 0 Å². The van der Waals surface area contributed by atoms with Gasteiger partial charge in [0.2, 0.25) is 0 Å². The van der Waals surface area contributed by atoms with Gasteiger partial charge in [-0.1, -0.05) is 152 Å². The van der Waals surface area contributed by atoms with Crippen molar-refractivity contribution < 1.29 is 4.42 Å². The number of furan rings is 1. The molecule has 1 heteroatoms. The summed E-state index contributed by atoms with van der Waals surface area (Å²) in [6, 6.07) is 61.6. The Morgan fingerprint density at radius 2 is 0.809 bits per heavy atom. The van der Waals surface area contributed by atoms with Gasteiger partial charge in [0.15, 0.2) is 0 Å². The Labute approximate surface area is 271 Å². The van der Waals surface area contributed by atoms with Crippen molar-refractivity contribution in [1.29, 1.82) is 0 Å². The molecule has 0 radical (unpaired) electrons. The number of para-hydroxylation sites is 1. The summed E-state index contributed by atoms with van der Waals surface area (Å²) >= 11 is 0. The second-order valence-electron chi connectivity index (χ2n) is 12.4. The molecule has 10 aromatic rings. The van der Waals surface area contributed by atoms with Gasteiger partial charge in [-0.15, -0.1) is 0 Å². The molecule has 0 unspecified atom stereocenters. The highest BCUT2D eigenvalue weighted by atomic mass is 16.3. The van der Waals surface area contributed by atoms with Gasteiger partial charge in [-0.3, -0.25) is 0 Å². The van der Waals surface area contributed by atoms with Crippen LogP contribution in [-0.4, -0.2) is 0 Å². The monoisotopic (exact) mass is 596 g/mol. The van der Waals surface area contributed by atoms with E-state index in [2.05, 4.69) is 164 Å². The second-order valence-corrected chi connectivity index (χ2v) is 12.4. The van der Waals surface area contributed by atoms with Crippen LogP contribution in [-0.2, 0) is 0 Å². The van der Waals surface area contributed by atoms with E-state index < -0.39 is 0 Å². The predicted molar refractivity (Wildman–Crippen MR) is 200 cm³/mol. The van der Waals surface area contributed by atoms with Crippen LogP contribution in [0.3, 0.4) is 0 Å². The number of hydrogen-bond donors (Lipinski definition) is 0. The molecule has 47 heavy (non-hydrogen) atoms. The Bertz CT molecular complexity index is 2790. The summed E-state index contributed by atoms with van der Waals surface area (Å²) < 4.78 is 6.48. The fourth-order valence-corrected chi connectivity index (χ4v) is 7.81. The largest absolute Gasteiger partial charge is 0.455 e. The van der Waals surface area contributed by atoms with E-state index in [0.29, 0.717) is 0 Å². The Balaban J connectivity index is 1.26. The Morgan fingerprint density at radius 3 is 1.60 bits per heavy atom. The van der Waals surface area contributed by atoms with Gasteiger partial charge in [0.1, 0.15) is 11.2 Å². The highest BCUT2D eigenvalue weighted by Crippen LogP contribution is 2.47. The van der Waals surface area contributed by atoms with Gasteiger partial charge < -0.3 is 4.42 Å². The third-order valence-corrected chi connectivity index (χ3v) is 9.85. The molecule has 0 fully saturated rings. The minimum Gasteiger partial charge on any atom is -0.455 e. The smallest absolute Gasteiger partial charge is 0.143 e. The highest BCUT2D eigenvalue weighted by Gasteiger charge is 2.19. The molecule has 1 aromatic heterocycles. The summed E-state index contributed by atoms with van der Waals surface area (Å²) in [5.74, 6) is 0. The van der Waals surface area contributed by atoms with Crippen LogP contribution in [0.2, 0.25) is 0 Å². The lowest BCUT2D eigenvalue weighted by molar-refractivity contribution is 0.672. The zero-order valence-electron chi connectivity index (χ0n) is 25.6. The van der Waals surface area contributed by atoms with Crippen LogP contribution < -0.4 is 0 Å². The maximum Gasteiger partial charge on any atom is 0.143 e. The van der Waals surface area contributed by atoms with Crippen LogP contribution in [0.5, 0.6) is 0 Å². The number of fused-ring (bicyclic) bond motifs is 8. The lowest BCUT2D eigenvalue weighted by atomic mass is 9.84. The fraction of sp³-hybridized carbons (Fsp3) is 0. The van der Waals surface area contributed by atoms with Gasteiger partial charge in [-0.25, -0.2) is 0 Å². The average Bonchev–Trinajstić information content (AvgIpc) is 3.53. The first kappa shape index (κ1) is 26.1. The maximum atomic E-state index is 6.48. The van der Waals surface area contributed by atoms with E-state index in [4.69, 9.17) is 4.42 Å². The van der Waals surface area contributed by atoms with Crippen molar-refractivity contribution in [3.63, 3.8) is 0 Å². The van der Waals surface area contributed by atoms with Crippen molar-refractivity contribution in [3.05, 3.63) is 170 Å². The van der Waals surface area contributed by atoms with Crippen molar-refractivity contribution in [2.45, 2.75) is 0 Å². The Hall–Kier alpha value is -6.18. The van der Waals surface area contributed by atoms with E-state index in [-0.39, 0.29) is 0 Å². The lowest BCUT2D eigenvalue weighted by Gasteiger charge is -2.19. The molecule has 10 rings (SSSR count). The molecule has 0 aliphatic heterocycles. The maximum absolute atomic E-state index is 6.48. The molecule has 0 saturated heterocycles. The van der Waals surface area contributed by atoms with Gasteiger partial charge in [0, 0.05) is 16.2 Å². The number of benzene rings is 9. The van der Waals surface area contributed by atoms with Crippen LogP contribution in [0.25, 0.3) is 98.4 Å². The summed E-state index contributed by atoms with van der Waals surface area (Å²) in [4.78, 5) is 0. The van der Waals surface area contributed by atoms with Crippen molar-refractivity contribution in [2.75, 3.05) is 0 Å². The molecule has 0 N–H and O–H groups in total. The van der Waals surface area contributed by atoms with E-state index in [9.17, 15) is 0 Å². The molecular weight excluding hydrogens is 569 g/mol. The lowest BCUT2D eigenvalue weighted by Crippen LogP contribution is -1.92. The first-order chi connectivity index (χ1) is 23.3. The normalized spacial score (nSPS) is 11.8. The van der Waals surface area contributed by atoms with E-state index in [0.717, 1.165) is 27.3 Å². The Morgan fingerprint density at radius 1 is 0.298 bits per heavy atom. The minimum atomic E-state index is 0.923. The molecule has 1 heterocycles. The summed E-state index contributed by atoms with van der Waals surface area (Å²) in [5.41, 5.74) is 9.30. The number of rotatable bonds is 3. The van der Waals surface area contributed by atoms with Gasteiger partial charge in [0.25, 0.3) is 0 Å². The molecule has 0 aliphatic carbocycles. The molecule has 1 nitrogen and oxygen atoms in total. The second kappa shape index (κ2) is 10.2. The third kappa shape index (κ3) is 3.90. The molecule has 0 amide bonds. The van der Waals surface area contributed by atoms with E-state index >= 15 is 0 Å². The third-order valence-electron chi connectivity index (χ3n) is 9.85. The summed E-state index contributed by atoms with van der Waals surface area (Å²) in [7, 11) is 0. The molecule has 0 bridgehead atoms. The van der Waals surface area contributed by atoms with Crippen LogP contribution >= 0.6 is 0 Å². The fourth-order valence-electron chi connectivity index (χ4n) is 7.81. The average molecular weight is 597 g/mol. The zero-order valence-corrected chi connectivity index (χ0v) is 25.6. The first-order valence-corrected chi connectivity index (χ1v) is 16.2.